The van der Waals surface area contributed by atoms with Gasteiger partial charge in [0, 0.05) is 32.7 Å². The smallest absolute Gasteiger partial charge is 0.136 e. The first-order valence-electron chi connectivity index (χ1n) is 5.37. The van der Waals surface area contributed by atoms with Crippen LogP contribution in [0.15, 0.2) is 0 Å². The van der Waals surface area contributed by atoms with Crippen LogP contribution in [-0.4, -0.2) is 32.2 Å². The van der Waals surface area contributed by atoms with E-state index in [1.165, 1.54) is 0 Å². The fourth-order valence-corrected chi connectivity index (χ4v) is 1.69. The summed E-state index contributed by atoms with van der Waals surface area (Å²) in [5, 5.41) is 0. The van der Waals surface area contributed by atoms with Gasteiger partial charge in [0.25, 0.3) is 0 Å². The second-order valence-electron chi connectivity index (χ2n) is 3.94. The van der Waals surface area contributed by atoms with Gasteiger partial charge in [-0.25, -0.2) is 0 Å². The molecule has 0 aliphatic carbocycles. The molecule has 0 spiro atoms. The third kappa shape index (κ3) is 3.76. The molecule has 1 aliphatic heterocycles. The predicted octanol–water partition coefficient (Wildman–Crippen LogP) is 1.80. The SMILES string of the molecule is COC(C)CCC(=O)C1CCOCC1. The molecular weight excluding hydrogens is 180 g/mol. The second kappa shape index (κ2) is 6.14. The van der Waals surface area contributed by atoms with E-state index >= 15 is 0 Å². The Hall–Kier alpha value is -0.410. The largest absolute Gasteiger partial charge is 0.382 e. The van der Waals surface area contributed by atoms with E-state index in [1.54, 1.807) is 7.11 Å². The third-order valence-electron chi connectivity index (χ3n) is 2.88. The zero-order valence-corrected chi connectivity index (χ0v) is 9.12. The molecule has 0 saturated carbocycles. The summed E-state index contributed by atoms with van der Waals surface area (Å²) < 4.78 is 10.3. The zero-order valence-electron chi connectivity index (χ0n) is 9.12. The highest BCUT2D eigenvalue weighted by molar-refractivity contribution is 5.81. The maximum Gasteiger partial charge on any atom is 0.136 e. The number of methoxy groups -OCH3 is 1. The van der Waals surface area contributed by atoms with Gasteiger partial charge in [0.15, 0.2) is 0 Å². The van der Waals surface area contributed by atoms with Crippen LogP contribution in [0.4, 0.5) is 0 Å². The van der Waals surface area contributed by atoms with Gasteiger partial charge in [-0.05, 0) is 26.2 Å². The van der Waals surface area contributed by atoms with Crippen molar-refractivity contribution in [2.75, 3.05) is 20.3 Å². The van der Waals surface area contributed by atoms with E-state index < -0.39 is 0 Å². The predicted molar refractivity (Wildman–Crippen MR) is 54.3 cm³/mol. The Morgan fingerprint density at radius 3 is 2.71 bits per heavy atom. The number of hydrogen-bond acceptors (Lipinski definition) is 3. The first-order valence-corrected chi connectivity index (χ1v) is 5.37. The van der Waals surface area contributed by atoms with Crippen molar-refractivity contribution in [2.45, 2.75) is 38.7 Å². The highest BCUT2D eigenvalue weighted by Crippen LogP contribution is 2.18. The maximum atomic E-state index is 11.7. The molecule has 0 radical (unpaired) electrons. The number of Topliss-reactive ketones (excluding diaryl/α,β-unsaturated/α-hetero) is 1. The molecule has 1 fully saturated rings. The standard InChI is InChI=1S/C11H20O3/c1-9(13-2)3-4-11(12)10-5-7-14-8-6-10/h9-10H,3-8H2,1-2H3. The molecule has 0 aromatic rings. The fraction of sp³-hybridized carbons (Fsp3) is 0.909. The monoisotopic (exact) mass is 200 g/mol. The minimum absolute atomic E-state index is 0.193. The molecule has 1 atom stereocenters. The van der Waals surface area contributed by atoms with Crippen molar-refractivity contribution in [2.24, 2.45) is 5.92 Å². The summed E-state index contributed by atoms with van der Waals surface area (Å²) in [4.78, 5) is 11.7. The van der Waals surface area contributed by atoms with Crippen molar-refractivity contribution in [1.82, 2.24) is 0 Å². The van der Waals surface area contributed by atoms with Crippen molar-refractivity contribution in [1.29, 1.82) is 0 Å². The molecule has 0 aromatic carbocycles. The maximum absolute atomic E-state index is 11.7. The van der Waals surface area contributed by atoms with Gasteiger partial charge < -0.3 is 9.47 Å². The minimum atomic E-state index is 0.193. The molecule has 0 bridgehead atoms. The normalized spacial score (nSPS) is 20.7. The molecule has 3 nitrogen and oxygen atoms in total. The lowest BCUT2D eigenvalue weighted by atomic mass is 9.92. The first kappa shape index (κ1) is 11.7. The molecule has 1 rings (SSSR count). The minimum Gasteiger partial charge on any atom is -0.382 e. The van der Waals surface area contributed by atoms with Gasteiger partial charge >= 0.3 is 0 Å². The number of rotatable bonds is 5. The van der Waals surface area contributed by atoms with E-state index in [0.717, 1.165) is 32.5 Å². The highest BCUT2D eigenvalue weighted by Gasteiger charge is 2.21. The van der Waals surface area contributed by atoms with Gasteiger partial charge in [0.05, 0.1) is 6.10 Å². The van der Waals surface area contributed by atoms with E-state index in [-0.39, 0.29) is 12.0 Å². The quantitative estimate of drug-likeness (QED) is 0.678. The van der Waals surface area contributed by atoms with Crippen LogP contribution in [0.1, 0.15) is 32.6 Å². The second-order valence-corrected chi connectivity index (χ2v) is 3.94. The summed E-state index contributed by atoms with van der Waals surface area (Å²) in [6, 6.07) is 0. The molecule has 1 unspecified atom stereocenters. The number of ketones is 1. The van der Waals surface area contributed by atoms with E-state index in [9.17, 15) is 4.79 Å². The van der Waals surface area contributed by atoms with E-state index in [0.29, 0.717) is 12.2 Å². The van der Waals surface area contributed by atoms with Crippen LogP contribution in [0.3, 0.4) is 0 Å². The molecule has 0 N–H and O–H groups in total. The van der Waals surface area contributed by atoms with E-state index in [4.69, 9.17) is 9.47 Å². The van der Waals surface area contributed by atoms with Crippen molar-refractivity contribution in [3.05, 3.63) is 0 Å². The first-order chi connectivity index (χ1) is 6.74. The van der Waals surface area contributed by atoms with E-state index in [2.05, 4.69) is 0 Å². The Bertz CT molecular complexity index is 173. The van der Waals surface area contributed by atoms with Crippen LogP contribution in [0.2, 0.25) is 0 Å². The average molecular weight is 200 g/mol. The Morgan fingerprint density at radius 1 is 1.50 bits per heavy atom. The van der Waals surface area contributed by atoms with Crippen molar-refractivity contribution in [3.63, 3.8) is 0 Å². The summed E-state index contributed by atoms with van der Waals surface area (Å²) in [5.74, 6) is 0.630. The summed E-state index contributed by atoms with van der Waals surface area (Å²) in [5.41, 5.74) is 0. The summed E-state index contributed by atoms with van der Waals surface area (Å²) in [6.45, 7) is 3.49. The average Bonchev–Trinajstić information content (AvgIpc) is 2.26. The number of carbonyl (C=O) groups excluding carboxylic acids is 1. The fourth-order valence-electron chi connectivity index (χ4n) is 1.69. The summed E-state index contributed by atoms with van der Waals surface area (Å²) in [7, 11) is 1.68. The Balaban J connectivity index is 2.19. The van der Waals surface area contributed by atoms with Crippen LogP contribution in [-0.2, 0) is 14.3 Å². The van der Waals surface area contributed by atoms with E-state index in [1.807, 2.05) is 6.92 Å². The van der Waals surface area contributed by atoms with Crippen LogP contribution < -0.4 is 0 Å². The van der Waals surface area contributed by atoms with Gasteiger partial charge in [-0.15, -0.1) is 0 Å². The summed E-state index contributed by atoms with van der Waals surface area (Å²) >= 11 is 0. The summed E-state index contributed by atoms with van der Waals surface area (Å²) in [6.07, 6.45) is 3.49. The molecule has 1 aliphatic rings. The van der Waals surface area contributed by atoms with Gasteiger partial charge in [-0.1, -0.05) is 0 Å². The molecule has 82 valence electrons. The molecule has 0 amide bonds. The Labute approximate surface area is 85.8 Å². The Morgan fingerprint density at radius 2 is 2.14 bits per heavy atom. The van der Waals surface area contributed by atoms with Crippen LogP contribution in [0, 0.1) is 5.92 Å². The number of hydrogen-bond donors (Lipinski definition) is 0. The van der Waals surface area contributed by atoms with Crippen LogP contribution >= 0.6 is 0 Å². The van der Waals surface area contributed by atoms with Crippen molar-refractivity contribution in [3.8, 4) is 0 Å². The topological polar surface area (TPSA) is 35.5 Å². The highest BCUT2D eigenvalue weighted by atomic mass is 16.5. The molecule has 0 aromatic heterocycles. The van der Waals surface area contributed by atoms with Crippen molar-refractivity contribution >= 4 is 5.78 Å². The van der Waals surface area contributed by atoms with Crippen LogP contribution in [0.25, 0.3) is 0 Å². The van der Waals surface area contributed by atoms with Gasteiger partial charge in [-0.2, -0.15) is 0 Å². The lowest BCUT2D eigenvalue weighted by Gasteiger charge is -2.21. The Kier molecular flexibility index (Phi) is 5.12. The molecule has 1 saturated heterocycles. The van der Waals surface area contributed by atoms with Crippen molar-refractivity contribution < 1.29 is 14.3 Å². The number of carbonyl (C=O) groups is 1. The van der Waals surface area contributed by atoms with Crippen LogP contribution in [0.5, 0.6) is 0 Å². The lowest BCUT2D eigenvalue weighted by Crippen LogP contribution is -2.24. The third-order valence-corrected chi connectivity index (χ3v) is 2.88. The zero-order chi connectivity index (χ0) is 10.4. The van der Waals surface area contributed by atoms with Gasteiger partial charge in [0.1, 0.15) is 5.78 Å². The van der Waals surface area contributed by atoms with Gasteiger partial charge in [0.2, 0.25) is 0 Å². The molecule has 3 heteroatoms. The lowest BCUT2D eigenvalue weighted by molar-refractivity contribution is -0.126. The molecule has 14 heavy (non-hydrogen) atoms. The molecule has 1 heterocycles. The molecular formula is C11H20O3. The van der Waals surface area contributed by atoms with Gasteiger partial charge in [-0.3, -0.25) is 4.79 Å². The number of ether oxygens (including phenoxy) is 2.